The SMILES string of the molecule is CCCNS(=O)(=O)c1ccc(NCC(C)(O)CO)cc1. The van der Waals surface area contributed by atoms with Gasteiger partial charge in [0.25, 0.3) is 0 Å². The number of nitrogens with one attached hydrogen (secondary N) is 2. The van der Waals surface area contributed by atoms with Crippen molar-refractivity contribution in [1.29, 1.82) is 0 Å². The van der Waals surface area contributed by atoms with E-state index in [0.29, 0.717) is 12.2 Å². The molecule has 20 heavy (non-hydrogen) atoms. The Hall–Kier alpha value is -1.15. The highest BCUT2D eigenvalue weighted by Gasteiger charge is 2.18. The molecule has 1 unspecified atom stereocenters. The van der Waals surface area contributed by atoms with E-state index in [4.69, 9.17) is 5.11 Å². The van der Waals surface area contributed by atoms with E-state index >= 15 is 0 Å². The normalized spacial score (nSPS) is 14.8. The Morgan fingerprint density at radius 1 is 1.25 bits per heavy atom. The molecule has 7 heteroatoms. The molecule has 0 aliphatic carbocycles. The molecule has 0 amide bonds. The van der Waals surface area contributed by atoms with E-state index in [1.807, 2.05) is 6.92 Å². The van der Waals surface area contributed by atoms with E-state index in [1.54, 1.807) is 12.1 Å². The molecule has 0 aliphatic heterocycles. The monoisotopic (exact) mass is 302 g/mol. The highest BCUT2D eigenvalue weighted by molar-refractivity contribution is 7.89. The van der Waals surface area contributed by atoms with Crippen LogP contribution >= 0.6 is 0 Å². The molecular formula is C13H22N2O4S. The zero-order valence-corrected chi connectivity index (χ0v) is 12.6. The number of aliphatic hydroxyl groups is 2. The fourth-order valence-electron chi connectivity index (χ4n) is 1.42. The summed E-state index contributed by atoms with van der Waals surface area (Å²) in [4.78, 5) is 0.199. The predicted molar refractivity (Wildman–Crippen MR) is 78.1 cm³/mol. The Morgan fingerprint density at radius 2 is 1.85 bits per heavy atom. The highest BCUT2D eigenvalue weighted by atomic mass is 32.2. The summed E-state index contributed by atoms with van der Waals surface area (Å²) in [5, 5.41) is 21.5. The van der Waals surface area contributed by atoms with Crippen molar-refractivity contribution in [2.45, 2.75) is 30.8 Å². The van der Waals surface area contributed by atoms with Crippen LogP contribution in [0.5, 0.6) is 0 Å². The van der Waals surface area contributed by atoms with E-state index in [2.05, 4.69) is 10.0 Å². The third-order valence-corrected chi connectivity index (χ3v) is 4.20. The average molecular weight is 302 g/mol. The maximum absolute atomic E-state index is 11.9. The average Bonchev–Trinajstić information content (AvgIpc) is 2.43. The summed E-state index contributed by atoms with van der Waals surface area (Å²) in [6.45, 7) is 3.62. The van der Waals surface area contributed by atoms with Crippen LogP contribution in [0.25, 0.3) is 0 Å². The predicted octanol–water partition coefficient (Wildman–Crippen LogP) is 0.530. The molecule has 0 aliphatic rings. The Kier molecular flexibility index (Phi) is 5.94. The van der Waals surface area contributed by atoms with Gasteiger partial charge in [-0.2, -0.15) is 0 Å². The lowest BCUT2D eigenvalue weighted by Gasteiger charge is -2.21. The summed E-state index contributed by atoms with van der Waals surface area (Å²) >= 11 is 0. The van der Waals surface area contributed by atoms with Crippen LogP contribution in [0.15, 0.2) is 29.2 Å². The molecule has 0 saturated carbocycles. The van der Waals surface area contributed by atoms with E-state index in [-0.39, 0.29) is 18.0 Å². The maximum atomic E-state index is 11.9. The van der Waals surface area contributed by atoms with Crippen molar-refractivity contribution >= 4 is 15.7 Å². The number of rotatable bonds is 8. The molecule has 0 bridgehead atoms. The van der Waals surface area contributed by atoms with Crippen molar-refractivity contribution in [3.05, 3.63) is 24.3 Å². The second-order valence-corrected chi connectivity index (χ2v) is 6.70. The Bertz CT molecular complexity index is 512. The summed E-state index contributed by atoms with van der Waals surface area (Å²) in [6, 6.07) is 6.23. The third kappa shape index (κ3) is 5.09. The summed E-state index contributed by atoms with van der Waals surface area (Å²) in [5.41, 5.74) is -0.541. The Labute approximate surface area is 119 Å². The molecule has 1 aromatic carbocycles. The van der Waals surface area contributed by atoms with Crippen LogP contribution in [0.3, 0.4) is 0 Å². The minimum Gasteiger partial charge on any atom is -0.393 e. The number of anilines is 1. The molecular weight excluding hydrogens is 280 g/mol. The maximum Gasteiger partial charge on any atom is 0.240 e. The van der Waals surface area contributed by atoms with Crippen molar-refractivity contribution in [1.82, 2.24) is 4.72 Å². The molecule has 0 spiro atoms. The molecule has 0 aromatic heterocycles. The van der Waals surface area contributed by atoms with Crippen molar-refractivity contribution in [3.63, 3.8) is 0 Å². The van der Waals surface area contributed by atoms with Crippen molar-refractivity contribution in [2.75, 3.05) is 25.0 Å². The fourth-order valence-corrected chi connectivity index (χ4v) is 2.55. The van der Waals surface area contributed by atoms with Crippen LogP contribution in [-0.4, -0.2) is 43.9 Å². The third-order valence-electron chi connectivity index (χ3n) is 2.72. The van der Waals surface area contributed by atoms with Gasteiger partial charge in [-0.15, -0.1) is 0 Å². The lowest BCUT2D eigenvalue weighted by molar-refractivity contribution is 0.0132. The van der Waals surface area contributed by atoms with E-state index < -0.39 is 15.6 Å². The minimum atomic E-state index is -3.45. The lowest BCUT2D eigenvalue weighted by Crippen LogP contribution is -2.37. The summed E-state index contributed by atoms with van der Waals surface area (Å²) in [7, 11) is -3.45. The van der Waals surface area contributed by atoms with Crippen LogP contribution < -0.4 is 10.0 Å². The van der Waals surface area contributed by atoms with Gasteiger partial charge >= 0.3 is 0 Å². The largest absolute Gasteiger partial charge is 0.393 e. The lowest BCUT2D eigenvalue weighted by atomic mass is 10.1. The first-order valence-corrected chi connectivity index (χ1v) is 7.96. The van der Waals surface area contributed by atoms with Gasteiger partial charge in [0.05, 0.1) is 11.5 Å². The van der Waals surface area contributed by atoms with Crippen LogP contribution in [0.4, 0.5) is 5.69 Å². The fraction of sp³-hybridized carbons (Fsp3) is 0.538. The number of benzene rings is 1. The van der Waals surface area contributed by atoms with Crippen molar-refractivity contribution in [2.24, 2.45) is 0 Å². The zero-order valence-electron chi connectivity index (χ0n) is 11.8. The van der Waals surface area contributed by atoms with Crippen molar-refractivity contribution in [3.8, 4) is 0 Å². The van der Waals surface area contributed by atoms with Gasteiger partial charge in [0.1, 0.15) is 5.60 Å². The van der Waals surface area contributed by atoms with E-state index in [9.17, 15) is 13.5 Å². The van der Waals surface area contributed by atoms with Gasteiger partial charge in [0.2, 0.25) is 10.0 Å². The molecule has 0 fully saturated rings. The smallest absolute Gasteiger partial charge is 0.240 e. The second kappa shape index (κ2) is 7.03. The van der Waals surface area contributed by atoms with Crippen LogP contribution in [0.2, 0.25) is 0 Å². The highest BCUT2D eigenvalue weighted by Crippen LogP contribution is 2.15. The van der Waals surface area contributed by atoms with Gasteiger partial charge in [-0.1, -0.05) is 6.92 Å². The van der Waals surface area contributed by atoms with Gasteiger partial charge in [0.15, 0.2) is 0 Å². The van der Waals surface area contributed by atoms with Crippen LogP contribution in [0, 0.1) is 0 Å². The van der Waals surface area contributed by atoms with E-state index in [0.717, 1.165) is 6.42 Å². The summed E-state index contributed by atoms with van der Waals surface area (Å²) in [6.07, 6.45) is 0.731. The van der Waals surface area contributed by atoms with Gasteiger partial charge in [-0.3, -0.25) is 0 Å². The number of sulfonamides is 1. The van der Waals surface area contributed by atoms with Crippen molar-refractivity contribution < 1.29 is 18.6 Å². The first kappa shape index (κ1) is 16.9. The van der Waals surface area contributed by atoms with Gasteiger partial charge < -0.3 is 15.5 Å². The zero-order chi connectivity index (χ0) is 15.2. The standard InChI is InChI=1S/C13H22N2O4S/c1-3-8-15-20(18,19)12-6-4-11(5-7-12)14-9-13(2,17)10-16/h4-7,14-17H,3,8-10H2,1-2H3. The molecule has 0 saturated heterocycles. The number of hydrogen-bond acceptors (Lipinski definition) is 5. The topological polar surface area (TPSA) is 98.7 Å². The van der Waals surface area contributed by atoms with Gasteiger partial charge in [0, 0.05) is 18.8 Å². The van der Waals surface area contributed by atoms with E-state index in [1.165, 1.54) is 19.1 Å². The first-order valence-electron chi connectivity index (χ1n) is 6.47. The van der Waals surface area contributed by atoms with Gasteiger partial charge in [-0.05, 0) is 37.6 Å². The van der Waals surface area contributed by atoms with Gasteiger partial charge in [-0.25, -0.2) is 13.1 Å². The molecule has 0 heterocycles. The summed E-state index contributed by atoms with van der Waals surface area (Å²) in [5.74, 6) is 0. The van der Waals surface area contributed by atoms with Crippen LogP contribution in [-0.2, 0) is 10.0 Å². The molecule has 4 N–H and O–H groups in total. The number of aliphatic hydroxyl groups excluding tert-OH is 1. The summed E-state index contributed by atoms with van der Waals surface area (Å²) < 4.78 is 26.2. The molecule has 1 rings (SSSR count). The molecule has 1 aromatic rings. The quantitative estimate of drug-likeness (QED) is 0.561. The first-order chi connectivity index (χ1) is 9.30. The molecule has 114 valence electrons. The van der Waals surface area contributed by atoms with Crippen LogP contribution in [0.1, 0.15) is 20.3 Å². The number of hydrogen-bond donors (Lipinski definition) is 4. The second-order valence-electron chi connectivity index (χ2n) is 4.93. The minimum absolute atomic E-state index is 0.170. The Morgan fingerprint density at radius 3 is 2.35 bits per heavy atom. The molecule has 6 nitrogen and oxygen atoms in total. The molecule has 1 atom stereocenters. The molecule has 0 radical (unpaired) electrons. The Balaban J connectivity index is 2.69.